The van der Waals surface area contributed by atoms with E-state index in [4.69, 9.17) is 16.3 Å². The Kier molecular flexibility index (Phi) is 9.16. The highest BCUT2D eigenvalue weighted by atomic mass is 35.5. The van der Waals surface area contributed by atoms with E-state index < -0.39 is 0 Å². The van der Waals surface area contributed by atoms with E-state index in [2.05, 4.69) is 37.7 Å². The molecule has 2 aromatic rings. The Morgan fingerprint density at radius 1 is 1.23 bits per heavy atom. The van der Waals surface area contributed by atoms with Crippen molar-refractivity contribution in [2.75, 3.05) is 58.2 Å². The number of amides is 2. The average Bonchev–Trinajstić information content (AvgIpc) is 3.22. The standard InChI is InChI=1S/C20H27ClN6O3S/c1-26-8-10-27(11-9-26)7-3-6-22-17(28)13-30-14-18-24-25-20(31-18)19(29)23-16-5-2-4-15(21)12-16/h2,4-5,12H,3,6-11,13-14H2,1H3,(H,22,28)(H,23,29). The monoisotopic (exact) mass is 466 g/mol. The molecular weight excluding hydrogens is 440 g/mol. The number of hydrogen-bond acceptors (Lipinski definition) is 8. The summed E-state index contributed by atoms with van der Waals surface area (Å²) in [4.78, 5) is 28.9. The predicted octanol–water partition coefficient (Wildman–Crippen LogP) is 1.71. The van der Waals surface area contributed by atoms with Crippen LogP contribution in [-0.4, -0.2) is 84.7 Å². The number of benzene rings is 1. The van der Waals surface area contributed by atoms with Crippen molar-refractivity contribution in [1.82, 2.24) is 25.3 Å². The van der Waals surface area contributed by atoms with E-state index in [-0.39, 0.29) is 30.0 Å². The number of aromatic nitrogens is 2. The Balaban J connectivity index is 1.29. The van der Waals surface area contributed by atoms with E-state index in [9.17, 15) is 9.59 Å². The fourth-order valence-corrected chi connectivity index (χ4v) is 3.90. The number of nitrogens with zero attached hydrogens (tertiary/aromatic N) is 4. The lowest BCUT2D eigenvalue weighted by molar-refractivity contribution is -0.126. The molecule has 11 heteroatoms. The highest BCUT2D eigenvalue weighted by Gasteiger charge is 2.15. The van der Waals surface area contributed by atoms with Crippen molar-refractivity contribution in [3.8, 4) is 0 Å². The minimum atomic E-state index is -0.371. The van der Waals surface area contributed by atoms with Gasteiger partial charge in [-0.2, -0.15) is 0 Å². The van der Waals surface area contributed by atoms with Gasteiger partial charge in [0.1, 0.15) is 18.2 Å². The van der Waals surface area contributed by atoms with Gasteiger partial charge in [-0.05, 0) is 38.2 Å². The molecule has 1 aromatic carbocycles. The van der Waals surface area contributed by atoms with Crippen LogP contribution in [0.5, 0.6) is 0 Å². The molecule has 31 heavy (non-hydrogen) atoms. The molecule has 0 radical (unpaired) electrons. The van der Waals surface area contributed by atoms with Gasteiger partial charge in [0.05, 0.1) is 0 Å². The van der Waals surface area contributed by atoms with Crippen molar-refractivity contribution < 1.29 is 14.3 Å². The molecule has 1 aliphatic rings. The molecule has 2 N–H and O–H groups in total. The molecule has 168 valence electrons. The van der Waals surface area contributed by atoms with Crippen LogP contribution in [0.4, 0.5) is 5.69 Å². The summed E-state index contributed by atoms with van der Waals surface area (Å²) in [5.74, 6) is -0.536. The highest BCUT2D eigenvalue weighted by Crippen LogP contribution is 2.17. The number of carbonyl (C=O) groups is 2. The van der Waals surface area contributed by atoms with E-state index >= 15 is 0 Å². The molecule has 0 atom stereocenters. The zero-order valence-electron chi connectivity index (χ0n) is 17.5. The summed E-state index contributed by atoms with van der Waals surface area (Å²) >= 11 is 7.03. The van der Waals surface area contributed by atoms with Crippen LogP contribution < -0.4 is 10.6 Å². The number of nitrogens with one attached hydrogen (secondary N) is 2. The van der Waals surface area contributed by atoms with E-state index in [0.717, 1.165) is 50.5 Å². The smallest absolute Gasteiger partial charge is 0.286 e. The van der Waals surface area contributed by atoms with Crippen molar-refractivity contribution in [2.45, 2.75) is 13.0 Å². The number of halogens is 1. The minimum Gasteiger partial charge on any atom is -0.364 e. The molecular formula is C20H27ClN6O3S. The fourth-order valence-electron chi connectivity index (χ4n) is 3.04. The number of ether oxygens (including phenoxy) is 1. The second-order valence-corrected chi connectivity index (χ2v) is 8.81. The number of hydrogen-bond donors (Lipinski definition) is 2. The molecule has 0 saturated carbocycles. The van der Waals surface area contributed by atoms with E-state index in [1.54, 1.807) is 24.3 Å². The lowest BCUT2D eigenvalue weighted by Crippen LogP contribution is -2.45. The average molecular weight is 467 g/mol. The number of rotatable bonds is 10. The first kappa shape index (κ1) is 23.6. The molecule has 1 saturated heterocycles. The first-order chi connectivity index (χ1) is 15.0. The van der Waals surface area contributed by atoms with E-state index in [1.165, 1.54) is 0 Å². The maximum Gasteiger partial charge on any atom is 0.286 e. The minimum absolute atomic E-state index is 0.0574. The molecule has 0 unspecified atom stereocenters. The van der Waals surface area contributed by atoms with Crippen LogP contribution in [-0.2, 0) is 16.1 Å². The van der Waals surface area contributed by atoms with Crippen LogP contribution in [0.2, 0.25) is 5.02 Å². The SMILES string of the molecule is CN1CCN(CCCNC(=O)COCc2nnc(C(=O)Nc3cccc(Cl)c3)s2)CC1. The zero-order chi connectivity index (χ0) is 22.1. The van der Waals surface area contributed by atoms with Gasteiger partial charge in [-0.3, -0.25) is 9.59 Å². The fraction of sp³-hybridized carbons (Fsp3) is 0.500. The molecule has 2 heterocycles. The predicted molar refractivity (Wildman–Crippen MR) is 121 cm³/mol. The molecule has 3 rings (SSSR count). The number of carbonyl (C=O) groups excluding carboxylic acids is 2. The Hall–Kier alpha value is -2.11. The molecule has 1 aromatic heterocycles. The van der Waals surface area contributed by atoms with Gasteiger partial charge in [-0.15, -0.1) is 10.2 Å². The Labute approximate surface area is 190 Å². The zero-order valence-corrected chi connectivity index (χ0v) is 19.0. The van der Waals surface area contributed by atoms with Gasteiger partial charge in [0.25, 0.3) is 5.91 Å². The molecule has 0 aliphatic carbocycles. The van der Waals surface area contributed by atoms with Gasteiger partial charge in [0.2, 0.25) is 10.9 Å². The third-order valence-corrected chi connectivity index (χ3v) is 5.90. The quantitative estimate of drug-likeness (QED) is 0.514. The Morgan fingerprint density at radius 2 is 2.03 bits per heavy atom. The number of piperazine rings is 1. The summed E-state index contributed by atoms with van der Waals surface area (Å²) in [6.45, 7) is 6.02. The van der Waals surface area contributed by atoms with Crippen LogP contribution in [0.3, 0.4) is 0 Å². The van der Waals surface area contributed by atoms with Gasteiger partial charge in [-0.25, -0.2) is 0 Å². The summed E-state index contributed by atoms with van der Waals surface area (Å²) in [6.07, 6.45) is 0.914. The van der Waals surface area contributed by atoms with Gasteiger partial charge in [-0.1, -0.05) is 29.0 Å². The van der Waals surface area contributed by atoms with E-state index in [1.807, 2.05) is 0 Å². The lowest BCUT2D eigenvalue weighted by Gasteiger charge is -2.32. The van der Waals surface area contributed by atoms with Gasteiger partial charge < -0.3 is 25.2 Å². The molecule has 0 spiro atoms. The summed E-state index contributed by atoms with van der Waals surface area (Å²) in [7, 11) is 2.13. The normalized spacial score (nSPS) is 15.0. The van der Waals surface area contributed by atoms with Gasteiger partial charge in [0, 0.05) is 43.4 Å². The number of likely N-dealkylation sites (N-methyl/N-ethyl adjacent to an activating group) is 1. The van der Waals surface area contributed by atoms with Crippen LogP contribution in [0.25, 0.3) is 0 Å². The maximum atomic E-state index is 12.2. The Morgan fingerprint density at radius 3 is 2.81 bits per heavy atom. The van der Waals surface area contributed by atoms with Crippen molar-refractivity contribution in [3.63, 3.8) is 0 Å². The molecule has 1 fully saturated rings. The number of anilines is 1. The summed E-state index contributed by atoms with van der Waals surface area (Å²) < 4.78 is 5.40. The van der Waals surface area contributed by atoms with Crippen LogP contribution in [0.1, 0.15) is 21.2 Å². The van der Waals surface area contributed by atoms with Crippen molar-refractivity contribution in [1.29, 1.82) is 0 Å². The molecule has 2 amide bonds. The molecule has 9 nitrogen and oxygen atoms in total. The van der Waals surface area contributed by atoms with Crippen LogP contribution in [0, 0.1) is 0 Å². The topological polar surface area (TPSA) is 99.7 Å². The lowest BCUT2D eigenvalue weighted by atomic mass is 10.3. The van der Waals surface area contributed by atoms with Crippen molar-refractivity contribution >= 4 is 40.4 Å². The molecule has 1 aliphatic heterocycles. The van der Waals surface area contributed by atoms with Crippen molar-refractivity contribution in [3.05, 3.63) is 39.3 Å². The second-order valence-electron chi connectivity index (χ2n) is 7.31. The second kappa shape index (κ2) is 12.1. The Bertz CT molecular complexity index is 872. The third kappa shape index (κ3) is 8.15. The molecule has 0 bridgehead atoms. The van der Waals surface area contributed by atoms with E-state index in [0.29, 0.717) is 22.3 Å². The first-order valence-electron chi connectivity index (χ1n) is 10.1. The van der Waals surface area contributed by atoms with Gasteiger partial charge >= 0.3 is 0 Å². The highest BCUT2D eigenvalue weighted by molar-refractivity contribution is 7.13. The summed E-state index contributed by atoms with van der Waals surface area (Å²) in [5.41, 5.74) is 0.579. The van der Waals surface area contributed by atoms with Crippen LogP contribution in [0.15, 0.2) is 24.3 Å². The van der Waals surface area contributed by atoms with Crippen LogP contribution >= 0.6 is 22.9 Å². The summed E-state index contributed by atoms with van der Waals surface area (Å²) in [6, 6.07) is 6.85. The third-order valence-electron chi connectivity index (χ3n) is 4.77. The largest absolute Gasteiger partial charge is 0.364 e. The maximum absolute atomic E-state index is 12.2. The van der Waals surface area contributed by atoms with Gasteiger partial charge in [0.15, 0.2) is 0 Å². The summed E-state index contributed by atoms with van der Waals surface area (Å²) in [5, 5.41) is 14.7. The van der Waals surface area contributed by atoms with Crippen molar-refractivity contribution in [2.24, 2.45) is 0 Å². The first-order valence-corrected chi connectivity index (χ1v) is 11.3.